The van der Waals surface area contributed by atoms with Gasteiger partial charge >= 0.3 is 0 Å². The fraction of sp³-hybridized carbons (Fsp3) is 1.00. The first kappa shape index (κ1) is 12.0. The van der Waals surface area contributed by atoms with E-state index >= 15 is 0 Å². The lowest BCUT2D eigenvalue weighted by Gasteiger charge is -2.55. The molecule has 1 heterocycles. The first-order chi connectivity index (χ1) is 6.31. The molecule has 0 aliphatic carbocycles. The van der Waals surface area contributed by atoms with E-state index in [1.807, 2.05) is 0 Å². The molecule has 0 amide bonds. The lowest BCUT2D eigenvalue weighted by molar-refractivity contribution is -0.0444. The van der Waals surface area contributed by atoms with E-state index in [2.05, 4.69) is 51.8 Å². The van der Waals surface area contributed by atoms with Gasteiger partial charge in [-0.05, 0) is 41.0 Å². The summed E-state index contributed by atoms with van der Waals surface area (Å²) in [6.45, 7) is 16.2. The molecule has 2 heteroatoms. The van der Waals surface area contributed by atoms with E-state index in [-0.39, 0.29) is 11.1 Å². The van der Waals surface area contributed by atoms with Gasteiger partial charge in [-0.2, -0.15) is 0 Å². The second-order valence-corrected chi connectivity index (χ2v) is 5.86. The molecule has 1 atom stereocenters. The van der Waals surface area contributed by atoms with E-state index in [4.69, 9.17) is 0 Å². The van der Waals surface area contributed by atoms with Crippen molar-refractivity contribution in [1.29, 1.82) is 0 Å². The Morgan fingerprint density at radius 2 is 1.57 bits per heavy atom. The smallest absolute Gasteiger partial charge is 0.0286 e. The molecule has 2 nitrogen and oxygen atoms in total. The number of hydrogen-bond donors (Lipinski definition) is 1. The summed E-state index contributed by atoms with van der Waals surface area (Å²) in [5.41, 5.74) is 0.550. The summed E-state index contributed by atoms with van der Waals surface area (Å²) in [5, 5.41) is 3.53. The molecule has 1 N–H and O–H groups in total. The standard InChI is InChI=1S/C12H26N2/c1-7-10(2)14-11(3,4)8-13-9-12(14,5)6/h10,13H,7-9H2,1-6H3. The van der Waals surface area contributed by atoms with Gasteiger partial charge in [0.25, 0.3) is 0 Å². The van der Waals surface area contributed by atoms with Crippen LogP contribution in [0.25, 0.3) is 0 Å². The largest absolute Gasteiger partial charge is 0.313 e. The van der Waals surface area contributed by atoms with E-state index in [0.717, 1.165) is 13.1 Å². The van der Waals surface area contributed by atoms with Gasteiger partial charge in [-0.25, -0.2) is 0 Å². The molecule has 0 aromatic carbocycles. The van der Waals surface area contributed by atoms with E-state index in [1.54, 1.807) is 0 Å². The fourth-order valence-corrected chi connectivity index (χ4v) is 3.04. The molecule has 0 radical (unpaired) electrons. The van der Waals surface area contributed by atoms with Gasteiger partial charge in [0, 0.05) is 30.2 Å². The Bertz CT molecular complexity index is 180. The Labute approximate surface area is 89.1 Å². The molecule has 0 bridgehead atoms. The molecule has 0 spiro atoms. The topological polar surface area (TPSA) is 15.3 Å². The molecule has 1 aliphatic heterocycles. The molecule has 0 aromatic heterocycles. The first-order valence-corrected chi connectivity index (χ1v) is 5.81. The second kappa shape index (κ2) is 3.82. The molecule has 0 saturated carbocycles. The monoisotopic (exact) mass is 198 g/mol. The van der Waals surface area contributed by atoms with Crippen molar-refractivity contribution in [2.24, 2.45) is 0 Å². The molecular formula is C12H26N2. The number of rotatable bonds is 2. The maximum absolute atomic E-state index is 3.53. The highest BCUT2D eigenvalue weighted by atomic mass is 15.3. The van der Waals surface area contributed by atoms with Gasteiger partial charge in [0.15, 0.2) is 0 Å². The Kier molecular flexibility index (Phi) is 3.27. The fourth-order valence-electron chi connectivity index (χ4n) is 3.04. The van der Waals surface area contributed by atoms with Crippen LogP contribution >= 0.6 is 0 Å². The molecule has 1 rings (SSSR count). The normalized spacial score (nSPS) is 28.7. The van der Waals surface area contributed by atoms with Gasteiger partial charge in [0.1, 0.15) is 0 Å². The summed E-state index contributed by atoms with van der Waals surface area (Å²) in [4.78, 5) is 2.68. The van der Waals surface area contributed by atoms with Crippen molar-refractivity contribution < 1.29 is 0 Å². The number of nitrogens with zero attached hydrogens (tertiary/aromatic N) is 1. The van der Waals surface area contributed by atoms with Crippen LogP contribution < -0.4 is 5.32 Å². The van der Waals surface area contributed by atoms with Crippen molar-refractivity contribution in [1.82, 2.24) is 10.2 Å². The Morgan fingerprint density at radius 3 is 1.93 bits per heavy atom. The maximum Gasteiger partial charge on any atom is 0.0286 e. The third kappa shape index (κ3) is 2.12. The highest BCUT2D eigenvalue weighted by Crippen LogP contribution is 2.31. The van der Waals surface area contributed by atoms with Gasteiger partial charge in [-0.15, -0.1) is 0 Å². The van der Waals surface area contributed by atoms with Crippen LogP contribution in [0.5, 0.6) is 0 Å². The van der Waals surface area contributed by atoms with Crippen molar-refractivity contribution in [3.63, 3.8) is 0 Å². The molecule has 0 aromatic rings. The lowest BCUT2D eigenvalue weighted by atomic mass is 9.86. The molecule has 1 saturated heterocycles. The minimum atomic E-state index is 0.275. The molecular weight excluding hydrogens is 172 g/mol. The molecule has 84 valence electrons. The minimum absolute atomic E-state index is 0.275. The molecule has 14 heavy (non-hydrogen) atoms. The third-order valence-corrected chi connectivity index (χ3v) is 3.45. The van der Waals surface area contributed by atoms with Crippen molar-refractivity contribution in [2.45, 2.75) is 65.1 Å². The zero-order chi connectivity index (χ0) is 11.0. The summed E-state index contributed by atoms with van der Waals surface area (Å²) < 4.78 is 0. The van der Waals surface area contributed by atoms with Gasteiger partial charge < -0.3 is 5.32 Å². The first-order valence-electron chi connectivity index (χ1n) is 5.81. The quantitative estimate of drug-likeness (QED) is 0.732. The van der Waals surface area contributed by atoms with Crippen LogP contribution in [0, 0.1) is 0 Å². The van der Waals surface area contributed by atoms with E-state index in [1.165, 1.54) is 6.42 Å². The van der Waals surface area contributed by atoms with E-state index in [9.17, 15) is 0 Å². The van der Waals surface area contributed by atoms with Crippen LogP contribution in [0.15, 0.2) is 0 Å². The van der Waals surface area contributed by atoms with Crippen molar-refractivity contribution in [3.8, 4) is 0 Å². The molecule has 1 fully saturated rings. The zero-order valence-corrected chi connectivity index (χ0v) is 10.6. The van der Waals surface area contributed by atoms with Crippen molar-refractivity contribution >= 4 is 0 Å². The number of nitrogens with one attached hydrogen (secondary N) is 1. The van der Waals surface area contributed by atoms with Crippen LogP contribution in [0.3, 0.4) is 0 Å². The summed E-state index contributed by atoms with van der Waals surface area (Å²) in [7, 11) is 0. The van der Waals surface area contributed by atoms with Crippen LogP contribution in [-0.4, -0.2) is 35.1 Å². The Balaban J connectivity index is 2.91. The van der Waals surface area contributed by atoms with Crippen molar-refractivity contribution in [2.75, 3.05) is 13.1 Å². The van der Waals surface area contributed by atoms with E-state index < -0.39 is 0 Å². The summed E-state index contributed by atoms with van der Waals surface area (Å²) >= 11 is 0. The summed E-state index contributed by atoms with van der Waals surface area (Å²) in [6, 6.07) is 0.669. The van der Waals surface area contributed by atoms with Gasteiger partial charge in [-0.3, -0.25) is 4.90 Å². The number of piperazine rings is 1. The summed E-state index contributed by atoms with van der Waals surface area (Å²) in [6.07, 6.45) is 1.23. The van der Waals surface area contributed by atoms with Crippen LogP contribution in [0.1, 0.15) is 48.0 Å². The Morgan fingerprint density at radius 1 is 1.14 bits per heavy atom. The molecule has 1 aliphatic rings. The van der Waals surface area contributed by atoms with Crippen LogP contribution in [0.2, 0.25) is 0 Å². The summed E-state index contributed by atoms with van der Waals surface area (Å²) in [5.74, 6) is 0. The Hall–Kier alpha value is -0.0800. The molecule has 1 unspecified atom stereocenters. The predicted octanol–water partition coefficient (Wildman–Crippen LogP) is 2.25. The zero-order valence-electron chi connectivity index (χ0n) is 10.6. The SMILES string of the molecule is CCC(C)N1C(C)(C)CNCC1(C)C. The predicted molar refractivity (Wildman–Crippen MR) is 62.6 cm³/mol. The maximum atomic E-state index is 3.53. The van der Waals surface area contributed by atoms with Crippen LogP contribution in [0.4, 0.5) is 0 Å². The highest BCUT2D eigenvalue weighted by Gasteiger charge is 2.42. The van der Waals surface area contributed by atoms with Gasteiger partial charge in [0.2, 0.25) is 0 Å². The second-order valence-electron chi connectivity index (χ2n) is 5.86. The number of hydrogen-bond acceptors (Lipinski definition) is 2. The van der Waals surface area contributed by atoms with Crippen LogP contribution in [-0.2, 0) is 0 Å². The average molecular weight is 198 g/mol. The average Bonchev–Trinajstić information content (AvgIpc) is 2.00. The van der Waals surface area contributed by atoms with E-state index in [0.29, 0.717) is 6.04 Å². The minimum Gasteiger partial charge on any atom is -0.313 e. The van der Waals surface area contributed by atoms with Gasteiger partial charge in [0.05, 0.1) is 0 Å². The third-order valence-electron chi connectivity index (χ3n) is 3.45. The lowest BCUT2D eigenvalue weighted by Crippen LogP contribution is -2.69. The van der Waals surface area contributed by atoms with Crippen molar-refractivity contribution in [3.05, 3.63) is 0 Å². The van der Waals surface area contributed by atoms with Gasteiger partial charge in [-0.1, -0.05) is 6.92 Å². The highest BCUT2D eigenvalue weighted by molar-refractivity contribution is 5.01.